The summed E-state index contributed by atoms with van der Waals surface area (Å²) in [5, 5.41) is 2.47. The van der Waals surface area contributed by atoms with Gasteiger partial charge in [-0.25, -0.2) is 0 Å². The lowest BCUT2D eigenvalue weighted by Crippen LogP contribution is -2.36. The number of nitrogens with one attached hydrogen (secondary N) is 1. The van der Waals surface area contributed by atoms with Gasteiger partial charge in [0.25, 0.3) is 11.1 Å². The molecular weight excluding hydrogens is 580 g/mol. The summed E-state index contributed by atoms with van der Waals surface area (Å²) >= 11 is 10.6. The van der Waals surface area contributed by atoms with E-state index < -0.39 is 23.6 Å². The maximum absolute atomic E-state index is 12.9. The number of ether oxygens (including phenoxy) is 2. The first kappa shape index (κ1) is 26.8. The van der Waals surface area contributed by atoms with Crippen LogP contribution < -0.4 is 14.8 Å². The van der Waals surface area contributed by atoms with Crippen molar-refractivity contribution < 1.29 is 23.9 Å². The van der Waals surface area contributed by atoms with Crippen LogP contribution in [0.1, 0.15) is 18.1 Å². The van der Waals surface area contributed by atoms with Crippen molar-refractivity contribution in [3.8, 4) is 11.5 Å². The molecule has 0 unspecified atom stereocenters. The van der Waals surface area contributed by atoms with Gasteiger partial charge in [0.2, 0.25) is 5.91 Å². The molecule has 3 aromatic rings. The van der Waals surface area contributed by atoms with Gasteiger partial charge in [0.05, 0.1) is 22.2 Å². The van der Waals surface area contributed by atoms with Crippen LogP contribution in [-0.4, -0.2) is 35.1 Å². The lowest BCUT2D eigenvalue weighted by molar-refractivity contribution is -0.127. The Hall–Kier alpha value is -3.27. The van der Waals surface area contributed by atoms with E-state index in [1.165, 1.54) is 0 Å². The molecule has 10 heteroatoms. The number of carbonyl (C=O) groups excluding carboxylic acids is 3. The number of nitrogens with zero attached hydrogens (tertiary/aromatic N) is 1. The summed E-state index contributed by atoms with van der Waals surface area (Å²) in [6, 6.07) is 20.0. The summed E-state index contributed by atoms with van der Waals surface area (Å²) in [5.74, 6) is -0.238. The predicted octanol–water partition coefficient (Wildman–Crippen LogP) is 6.76. The standard InChI is InChI=1S/C27H22BrClN2O5S/c1-2-35-22-13-18(12-20(29)25(22)36-16-17-8-4-3-5-9-17)14-23-26(33)31(27(34)37-23)15-24(32)30-21-11-7-6-10-19(21)28/h3-14H,2,15-16H2,1H3,(H,30,32)/b23-14-. The molecule has 4 rings (SSSR count). The van der Waals surface area contributed by atoms with Crippen LogP contribution in [0, 0.1) is 0 Å². The summed E-state index contributed by atoms with van der Waals surface area (Å²) in [6.45, 7) is 2.12. The topological polar surface area (TPSA) is 84.9 Å². The number of imide groups is 1. The predicted molar refractivity (Wildman–Crippen MR) is 149 cm³/mol. The van der Waals surface area contributed by atoms with Gasteiger partial charge in [0, 0.05) is 4.47 Å². The van der Waals surface area contributed by atoms with Gasteiger partial charge in [0.1, 0.15) is 13.2 Å². The maximum Gasteiger partial charge on any atom is 0.294 e. The molecule has 1 aliphatic rings. The molecule has 3 amide bonds. The molecule has 37 heavy (non-hydrogen) atoms. The molecule has 0 bridgehead atoms. The van der Waals surface area contributed by atoms with Crippen LogP contribution in [0.15, 0.2) is 76.1 Å². The van der Waals surface area contributed by atoms with Crippen molar-refractivity contribution in [1.82, 2.24) is 4.90 Å². The number of halogens is 2. The first-order valence-corrected chi connectivity index (χ1v) is 13.3. The molecule has 0 radical (unpaired) electrons. The Bertz CT molecular complexity index is 1370. The zero-order chi connectivity index (χ0) is 26.4. The van der Waals surface area contributed by atoms with Crippen LogP contribution in [0.5, 0.6) is 11.5 Å². The van der Waals surface area contributed by atoms with E-state index in [4.69, 9.17) is 21.1 Å². The minimum absolute atomic E-state index is 0.176. The van der Waals surface area contributed by atoms with Gasteiger partial charge in [-0.3, -0.25) is 19.3 Å². The third-order valence-electron chi connectivity index (χ3n) is 5.18. The van der Waals surface area contributed by atoms with Crippen LogP contribution in [0.25, 0.3) is 6.08 Å². The normalized spacial score (nSPS) is 14.2. The molecule has 1 saturated heterocycles. The van der Waals surface area contributed by atoms with Crippen LogP contribution in [0.3, 0.4) is 0 Å². The second-order valence-corrected chi connectivity index (χ2v) is 10.1. The lowest BCUT2D eigenvalue weighted by atomic mass is 10.1. The van der Waals surface area contributed by atoms with Crippen LogP contribution in [-0.2, 0) is 16.2 Å². The molecule has 1 N–H and O–H groups in total. The third-order valence-corrected chi connectivity index (χ3v) is 7.06. The van der Waals surface area contributed by atoms with E-state index >= 15 is 0 Å². The maximum atomic E-state index is 12.9. The van der Waals surface area contributed by atoms with Crippen LogP contribution >= 0.6 is 39.3 Å². The number of carbonyl (C=O) groups is 3. The van der Waals surface area contributed by atoms with Crippen molar-refractivity contribution in [2.75, 3.05) is 18.5 Å². The second kappa shape index (κ2) is 12.3. The molecular formula is C27H22BrClN2O5S. The Morgan fingerprint density at radius 1 is 1.08 bits per heavy atom. The van der Waals surface area contributed by atoms with Crippen molar-refractivity contribution in [1.29, 1.82) is 0 Å². The van der Waals surface area contributed by atoms with E-state index in [0.29, 0.717) is 45.5 Å². The van der Waals surface area contributed by atoms with Gasteiger partial charge in [-0.2, -0.15) is 0 Å². The highest BCUT2D eigenvalue weighted by molar-refractivity contribution is 9.10. The van der Waals surface area contributed by atoms with Crippen molar-refractivity contribution in [2.45, 2.75) is 13.5 Å². The molecule has 3 aromatic carbocycles. The van der Waals surface area contributed by atoms with Crippen LogP contribution in [0.2, 0.25) is 5.02 Å². The van der Waals surface area contributed by atoms with Gasteiger partial charge in [-0.15, -0.1) is 0 Å². The molecule has 0 spiro atoms. The zero-order valence-corrected chi connectivity index (χ0v) is 22.9. The number of hydrogen-bond acceptors (Lipinski definition) is 6. The van der Waals surface area contributed by atoms with Gasteiger partial charge in [0.15, 0.2) is 11.5 Å². The molecule has 7 nitrogen and oxygen atoms in total. The first-order valence-electron chi connectivity index (χ1n) is 11.3. The first-order chi connectivity index (χ1) is 17.9. The van der Waals surface area contributed by atoms with E-state index in [0.717, 1.165) is 22.2 Å². The number of thioether (sulfide) groups is 1. The number of para-hydroxylation sites is 1. The van der Waals surface area contributed by atoms with Crippen molar-refractivity contribution >= 4 is 68.1 Å². The molecule has 1 aliphatic heterocycles. The number of amides is 3. The molecule has 0 atom stereocenters. The number of hydrogen-bond donors (Lipinski definition) is 1. The molecule has 0 aromatic heterocycles. The molecule has 0 saturated carbocycles. The van der Waals surface area contributed by atoms with Gasteiger partial charge in [-0.05, 0) is 76.1 Å². The summed E-state index contributed by atoms with van der Waals surface area (Å²) in [6.07, 6.45) is 1.55. The van der Waals surface area contributed by atoms with Crippen molar-refractivity contribution in [3.63, 3.8) is 0 Å². The molecule has 190 valence electrons. The lowest BCUT2D eigenvalue weighted by Gasteiger charge is -2.15. The monoisotopic (exact) mass is 600 g/mol. The summed E-state index contributed by atoms with van der Waals surface area (Å²) in [4.78, 5) is 39.0. The molecule has 0 aliphatic carbocycles. The fraction of sp³-hybridized carbons (Fsp3) is 0.148. The Balaban J connectivity index is 1.49. The van der Waals surface area contributed by atoms with E-state index in [1.54, 1.807) is 36.4 Å². The fourth-order valence-electron chi connectivity index (χ4n) is 3.49. The van der Waals surface area contributed by atoms with Crippen molar-refractivity contribution in [3.05, 3.63) is 92.3 Å². The van der Waals surface area contributed by atoms with Gasteiger partial charge in [-0.1, -0.05) is 54.1 Å². The van der Waals surface area contributed by atoms with Gasteiger partial charge >= 0.3 is 0 Å². The van der Waals surface area contributed by atoms with E-state index in [9.17, 15) is 14.4 Å². The highest BCUT2D eigenvalue weighted by Gasteiger charge is 2.36. The Kier molecular flexibility index (Phi) is 8.91. The number of benzene rings is 3. The van der Waals surface area contributed by atoms with Crippen LogP contribution in [0.4, 0.5) is 10.5 Å². The molecule has 1 heterocycles. The summed E-state index contributed by atoms with van der Waals surface area (Å²) in [7, 11) is 0. The van der Waals surface area contributed by atoms with E-state index in [-0.39, 0.29) is 4.91 Å². The van der Waals surface area contributed by atoms with E-state index in [2.05, 4.69) is 21.2 Å². The highest BCUT2D eigenvalue weighted by atomic mass is 79.9. The SMILES string of the molecule is CCOc1cc(/C=C2\SC(=O)N(CC(=O)Nc3ccccc3Br)C2=O)cc(Cl)c1OCc1ccccc1. The second-order valence-electron chi connectivity index (χ2n) is 7.83. The quantitative estimate of drug-likeness (QED) is 0.273. The fourth-order valence-corrected chi connectivity index (χ4v) is 4.98. The summed E-state index contributed by atoms with van der Waals surface area (Å²) in [5.41, 5.74) is 2.08. The number of anilines is 1. The van der Waals surface area contributed by atoms with E-state index in [1.807, 2.05) is 43.3 Å². The van der Waals surface area contributed by atoms with Crippen molar-refractivity contribution in [2.24, 2.45) is 0 Å². The minimum Gasteiger partial charge on any atom is -0.490 e. The Labute approximate surface area is 231 Å². The number of rotatable bonds is 9. The smallest absolute Gasteiger partial charge is 0.294 e. The minimum atomic E-state index is -0.559. The highest BCUT2D eigenvalue weighted by Crippen LogP contribution is 2.39. The third kappa shape index (κ3) is 6.74. The average Bonchev–Trinajstić information content (AvgIpc) is 3.13. The Morgan fingerprint density at radius 3 is 2.54 bits per heavy atom. The Morgan fingerprint density at radius 2 is 1.81 bits per heavy atom. The summed E-state index contributed by atoms with van der Waals surface area (Å²) < 4.78 is 12.4. The average molecular weight is 602 g/mol. The molecule has 1 fully saturated rings. The zero-order valence-electron chi connectivity index (χ0n) is 19.7. The van der Waals surface area contributed by atoms with Gasteiger partial charge < -0.3 is 14.8 Å². The largest absolute Gasteiger partial charge is 0.490 e.